The molecule has 1 unspecified atom stereocenters. The standard InChI is InChI=1S/C17H23NO4/c1-4-9-15(16(19)21-5-2)13(3)18-17(20)22-12-14-10-7-6-8-11-14/h4,6-8,10-11,13,15H,1,5,9,12H2,2-3H3,(H,18,20)/t13?,15-/m0/s1. The molecule has 0 saturated carbocycles. The minimum Gasteiger partial charge on any atom is -0.466 e. The molecular weight excluding hydrogens is 282 g/mol. The number of ether oxygens (including phenoxy) is 2. The first kappa shape index (κ1) is 17.8. The Balaban J connectivity index is 2.49. The fraction of sp³-hybridized carbons (Fsp3) is 0.412. The van der Waals surface area contributed by atoms with Gasteiger partial charge in [-0.2, -0.15) is 0 Å². The molecule has 0 fully saturated rings. The van der Waals surface area contributed by atoms with E-state index in [0.717, 1.165) is 5.56 Å². The molecule has 0 heterocycles. The van der Waals surface area contributed by atoms with Crippen molar-refractivity contribution in [1.29, 1.82) is 0 Å². The molecule has 1 rings (SSSR count). The maximum absolute atomic E-state index is 11.9. The van der Waals surface area contributed by atoms with Crippen molar-refractivity contribution in [2.24, 2.45) is 5.92 Å². The molecule has 5 heteroatoms. The lowest BCUT2D eigenvalue weighted by Crippen LogP contribution is -2.42. The third-order valence-electron chi connectivity index (χ3n) is 3.17. The number of carbonyl (C=O) groups excluding carboxylic acids is 2. The molecule has 0 radical (unpaired) electrons. The molecule has 22 heavy (non-hydrogen) atoms. The smallest absolute Gasteiger partial charge is 0.407 e. The summed E-state index contributed by atoms with van der Waals surface area (Å²) >= 11 is 0. The molecule has 120 valence electrons. The van der Waals surface area contributed by atoms with Gasteiger partial charge in [-0.1, -0.05) is 36.4 Å². The van der Waals surface area contributed by atoms with Crippen LogP contribution in [0.3, 0.4) is 0 Å². The molecule has 1 aromatic rings. The Morgan fingerprint density at radius 3 is 2.55 bits per heavy atom. The summed E-state index contributed by atoms with van der Waals surface area (Å²) in [6, 6.07) is 8.98. The van der Waals surface area contributed by atoms with E-state index < -0.39 is 18.1 Å². The monoisotopic (exact) mass is 305 g/mol. The number of nitrogens with one attached hydrogen (secondary N) is 1. The zero-order valence-corrected chi connectivity index (χ0v) is 13.1. The molecule has 1 amide bonds. The summed E-state index contributed by atoms with van der Waals surface area (Å²) < 4.78 is 10.1. The maximum Gasteiger partial charge on any atom is 0.407 e. The van der Waals surface area contributed by atoms with Crippen LogP contribution in [-0.4, -0.2) is 24.7 Å². The summed E-state index contributed by atoms with van der Waals surface area (Å²) in [4.78, 5) is 23.7. The molecule has 5 nitrogen and oxygen atoms in total. The molecular formula is C17H23NO4. The lowest BCUT2D eigenvalue weighted by Gasteiger charge is -2.22. The normalized spacial score (nSPS) is 12.8. The first-order valence-corrected chi connectivity index (χ1v) is 7.33. The van der Waals surface area contributed by atoms with Gasteiger partial charge in [0.05, 0.1) is 12.5 Å². The predicted molar refractivity (Wildman–Crippen MR) is 84.2 cm³/mol. The van der Waals surface area contributed by atoms with Crippen molar-refractivity contribution in [1.82, 2.24) is 5.32 Å². The van der Waals surface area contributed by atoms with Crippen LogP contribution in [0.2, 0.25) is 0 Å². The van der Waals surface area contributed by atoms with E-state index in [-0.39, 0.29) is 12.6 Å². The number of rotatable bonds is 8. The number of hydrogen-bond acceptors (Lipinski definition) is 4. The highest BCUT2D eigenvalue weighted by molar-refractivity contribution is 5.75. The van der Waals surface area contributed by atoms with Gasteiger partial charge in [0.1, 0.15) is 6.61 Å². The highest BCUT2D eigenvalue weighted by atomic mass is 16.5. The average Bonchev–Trinajstić information content (AvgIpc) is 2.51. The topological polar surface area (TPSA) is 64.6 Å². The molecule has 0 aliphatic heterocycles. The van der Waals surface area contributed by atoms with Gasteiger partial charge >= 0.3 is 12.1 Å². The summed E-state index contributed by atoms with van der Waals surface area (Å²) in [7, 11) is 0. The molecule has 0 bridgehead atoms. The van der Waals surface area contributed by atoms with E-state index in [1.165, 1.54) is 0 Å². The van der Waals surface area contributed by atoms with Crippen molar-refractivity contribution in [3.8, 4) is 0 Å². The van der Waals surface area contributed by atoms with Gasteiger partial charge < -0.3 is 14.8 Å². The van der Waals surface area contributed by atoms with Crippen LogP contribution in [0.1, 0.15) is 25.8 Å². The predicted octanol–water partition coefficient (Wildman–Crippen LogP) is 3.06. The van der Waals surface area contributed by atoms with E-state index in [1.54, 1.807) is 19.9 Å². The van der Waals surface area contributed by atoms with Gasteiger partial charge in [-0.05, 0) is 25.8 Å². The Kier molecular flexibility index (Phi) is 7.75. The van der Waals surface area contributed by atoms with Gasteiger partial charge in [-0.15, -0.1) is 6.58 Å². The van der Waals surface area contributed by atoms with E-state index >= 15 is 0 Å². The van der Waals surface area contributed by atoms with Crippen LogP contribution in [0.5, 0.6) is 0 Å². The molecule has 0 aliphatic rings. The summed E-state index contributed by atoms with van der Waals surface area (Å²) in [6.45, 7) is 7.61. The Bertz CT molecular complexity index is 487. The van der Waals surface area contributed by atoms with Crippen LogP contribution in [0, 0.1) is 5.92 Å². The van der Waals surface area contributed by atoms with Crippen LogP contribution in [0.4, 0.5) is 4.79 Å². The minimum absolute atomic E-state index is 0.185. The van der Waals surface area contributed by atoms with Crippen LogP contribution in [0.25, 0.3) is 0 Å². The van der Waals surface area contributed by atoms with Crippen molar-refractivity contribution in [3.05, 3.63) is 48.6 Å². The van der Waals surface area contributed by atoms with E-state index in [9.17, 15) is 9.59 Å². The van der Waals surface area contributed by atoms with Gasteiger partial charge in [0.25, 0.3) is 0 Å². The second-order valence-corrected chi connectivity index (χ2v) is 4.88. The van der Waals surface area contributed by atoms with Crippen LogP contribution < -0.4 is 5.32 Å². The van der Waals surface area contributed by atoms with Gasteiger partial charge in [0, 0.05) is 6.04 Å². The summed E-state index contributed by atoms with van der Waals surface area (Å²) in [5.74, 6) is -0.819. The van der Waals surface area contributed by atoms with Gasteiger partial charge in [0.15, 0.2) is 0 Å². The Labute approximate surface area is 131 Å². The fourth-order valence-electron chi connectivity index (χ4n) is 1.98. The SMILES string of the molecule is C=CC[C@H](C(=O)OCC)C(C)NC(=O)OCc1ccccc1. The van der Waals surface area contributed by atoms with E-state index in [2.05, 4.69) is 11.9 Å². The highest BCUT2D eigenvalue weighted by Crippen LogP contribution is 2.12. The third-order valence-corrected chi connectivity index (χ3v) is 3.17. The number of alkyl carbamates (subject to hydrolysis) is 1. The minimum atomic E-state index is -0.560. The third kappa shape index (κ3) is 5.99. The Hall–Kier alpha value is -2.30. The number of hydrogen-bond donors (Lipinski definition) is 1. The van der Waals surface area contributed by atoms with Crippen molar-refractivity contribution in [3.63, 3.8) is 0 Å². The molecule has 0 aromatic heterocycles. The van der Waals surface area contributed by atoms with Crippen molar-refractivity contribution >= 4 is 12.1 Å². The number of allylic oxidation sites excluding steroid dienone is 1. The Morgan fingerprint density at radius 2 is 1.95 bits per heavy atom. The van der Waals surface area contributed by atoms with Crippen molar-refractivity contribution < 1.29 is 19.1 Å². The van der Waals surface area contributed by atoms with E-state index in [4.69, 9.17) is 9.47 Å². The summed E-state index contributed by atoms with van der Waals surface area (Å²) in [5, 5.41) is 2.66. The second kappa shape index (κ2) is 9.60. The van der Waals surface area contributed by atoms with Crippen LogP contribution in [-0.2, 0) is 20.9 Å². The lowest BCUT2D eigenvalue weighted by molar-refractivity contribution is -0.148. The number of carbonyl (C=O) groups is 2. The van der Waals surface area contributed by atoms with E-state index in [0.29, 0.717) is 13.0 Å². The largest absolute Gasteiger partial charge is 0.466 e. The van der Waals surface area contributed by atoms with Crippen molar-refractivity contribution in [2.75, 3.05) is 6.61 Å². The second-order valence-electron chi connectivity index (χ2n) is 4.88. The summed E-state index contributed by atoms with van der Waals surface area (Å²) in [5.41, 5.74) is 0.901. The molecule has 1 aromatic carbocycles. The fourth-order valence-corrected chi connectivity index (χ4v) is 1.98. The molecule has 2 atom stereocenters. The highest BCUT2D eigenvalue weighted by Gasteiger charge is 2.26. The first-order chi connectivity index (χ1) is 10.6. The molecule has 0 aliphatic carbocycles. The maximum atomic E-state index is 11.9. The quantitative estimate of drug-likeness (QED) is 0.592. The Morgan fingerprint density at radius 1 is 1.27 bits per heavy atom. The zero-order chi connectivity index (χ0) is 16.4. The first-order valence-electron chi connectivity index (χ1n) is 7.33. The van der Waals surface area contributed by atoms with Gasteiger partial charge in [-0.25, -0.2) is 4.79 Å². The van der Waals surface area contributed by atoms with Crippen LogP contribution in [0.15, 0.2) is 43.0 Å². The lowest BCUT2D eigenvalue weighted by atomic mass is 9.98. The molecule has 0 saturated heterocycles. The molecule has 0 spiro atoms. The number of benzene rings is 1. The zero-order valence-electron chi connectivity index (χ0n) is 13.1. The van der Waals surface area contributed by atoms with Crippen molar-refractivity contribution in [2.45, 2.75) is 32.9 Å². The van der Waals surface area contributed by atoms with E-state index in [1.807, 2.05) is 30.3 Å². The average molecular weight is 305 g/mol. The number of amides is 1. The van der Waals surface area contributed by atoms with Gasteiger partial charge in [0.2, 0.25) is 0 Å². The van der Waals surface area contributed by atoms with Gasteiger partial charge in [-0.3, -0.25) is 4.79 Å². The number of esters is 1. The van der Waals surface area contributed by atoms with Crippen LogP contribution >= 0.6 is 0 Å². The molecule has 1 N–H and O–H groups in total. The summed E-state index contributed by atoms with van der Waals surface area (Å²) in [6.07, 6.45) is 1.50.